The second-order valence-electron chi connectivity index (χ2n) is 10.8. The highest BCUT2D eigenvalue weighted by Crippen LogP contribution is 2.61. The molecule has 3 unspecified atom stereocenters. The van der Waals surface area contributed by atoms with Gasteiger partial charge < -0.3 is 11.1 Å². The first kappa shape index (κ1) is 22.6. The average molecular weight is 476 g/mol. The Morgan fingerprint density at radius 2 is 1.91 bits per heavy atom. The maximum Gasteiger partial charge on any atom is 0.305 e. The highest BCUT2D eigenvalue weighted by Gasteiger charge is 2.56. The lowest BCUT2D eigenvalue weighted by molar-refractivity contribution is -0.134. The molecule has 4 saturated carbocycles. The zero-order chi connectivity index (χ0) is 23.4. The van der Waals surface area contributed by atoms with Crippen LogP contribution in [0.5, 0.6) is 0 Å². The molecule has 2 amide bonds. The van der Waals surface area contributed by atoms with E-state index < -0.39 is 10.2 Å². The van der Waals surface area contributed by atoms with Gasteiger partial charge in [-0.25, -0.2) is 9.29 Å². The Balaban J connectivity index is 1.27. The molecule has 9 nitrogen and oxygen atoms in total. The number of anilines is 1. The molecule has 4 aliphatic carbocycles. The summed E-state index contributed by atoms with van der Waals surface area (Å²) in [5.74, 6) is 1.22. The van der Waals surface area contributed by atoms with E-state index in [9.17, 15) is 18.0 Å². The van der Waals surface area contributed by atoms with Crippen molar-refractivity contribution in [1.29, 1.82) is 0 Å². The van der Waals surface area contributed by atoms with Crippen LogP contribution in [0.3, 0.4) is 0 Å². The van der Waals surface area contributed by atoms with E-state index in [1.54, 1.807) is 24.4 Å². The third-order valence-electron chi connectivity index (χ3n) is 8.10. The number of nitrogens with one attached hydrogen (secondary N) is 1. The molecule has 0 radical (unpaired) electrons. The molecule has 1 aromatic heterocycles. The summed E-state index contributed by atoms with van der Waals surface area (Å²) in [6.45, 7) is 2.43. The molecule has 5 fully saturated rings. The Kier molecular flexibility index (Phi) is 5.63. The lowest BCUT2D eigenvalue weighted by atomic mass is 9.47. The number of carbonyl (C=O) groups excluding carboxylic acids is 2. The Morgan fingerprint density at radius 3 is 2.55 bits per heavy atom. The van der Waals surface area contributed by atoms with Crippen molar-refractivity contribution in [1.82, 2.24) is 14.6 Å². The van der Waals surface area contributed by atoms with Gasteiger partial charge in [-0.3, -0.25) is 9.59 Å². The number of hydrogen-bond donors (Lipinski definition) is 2. The van der Waals surface area contributed by atoms with Gasteiger partial charge in [0, 0.05) is 31.7 Å². The van der Waals surface area contributed by atoms with Gasteiger partial charge in [-0.05, 0) is 73.3 Å². The van der Waals surface area contributed by atoms with Gasteiger partial charge in [-0.1, -0.05) is 13.0 Å². The number of primary amides is 1. The summed E-state index contributed by atoms with van der Waals surface area (Å²) < 4.78 is 29.1. The van der Waals surface area contributed by atoms with Gasteiger partial charge in [0.2, 0.25) is 11.8 Å². The largest absolute Gasteiger partial charge is 0.370 e. The number of hydrogen-bond acceptors (Lipinski definition) is 5. The Hall–Kier alpha value is -2.20. The molecule has 5 aliphatic rings. The molecule has 1 aromatic rings. The first-order valence-corrected chi connectivity index (χ1v) is 13.3. The molecule has 3 atom stereocenters. The lowest BCUT2D eigenvalue weighted by Crippen LogP contribution is -2.61. The average Bonchev–Trinajstić information content (AvgIpc) is 2.72. The SMILES string of the molecule is CC1CN(CC(=O)NC2C3CC4CC2CC(CC(N)=O)(C4)C3)S(=O)(=O)N(c2ccccn2)C1. The number of nitrogens with zero attached hydrogens (tertiary/aromatic N) is 3. The minimum atomic E-state index is -3.84. The second kappa shape index (κ2) is 8.23. The zero-order valence-corrected chi connectivity index (χ0v) is 19.8. The van der Waals surface area contributed by atoms with E-state index in [4.69, 9.17) is 5.73 Å². The summed E-state index contributed by atoms with van der Waals surface area (Å²) in [5, 5.41) is 3.19. The quantitative estimate of drug-likeness (QED) is 0.641. The topological polar surface area (TPSA) is 126 Å². The molecule has 1 saturated heterocycles. The first-order valence-electron chi connectivity index (χ1n) is 11.9. The Labute approximate surface area is 195 Å². The monoisotopic (exact) mass is 475 g/mol. The summed E-state index contributed by atoms with van der Waals surface area (Å²) in [7, 11) is -3.84. The summed E-state index contributed by atoms with van der Waals surface area (Å²) >= 11 is 0. The minimum Gasteiger partial charge on any atom is -0.370 e. The molecule has 33 heavy (non-hydrogen) atoms. The maximum atomic E-state index is 13.3. The number of aromatic nitrogens is 1. The van der Waals surface area contributed by atoms with Crippen molar-refractivity contribution in [2.24, 2.45) is 34.8 Å². The van der Waals surface area contributed by atoms with Crippen molar-refractivity contribution < 1.29 is 18.0 Å². The standard InChI is InChI=1S/C23H33N5O4S/c1-15-12-27(33(31,32)28(13-15)20-4-2-3-5-25-20)14-21(30)26-22-17-6-16-7-18(22)10-23(8-16,9-17)11-19(24)29/h2-5,15-18,22H,6-14H2,1H3,(H2,24,29)(H,26,30). The Bertz CT molecular complexity index is 1020. The van der Waals surface area contributed by atoms with Crippen LogP contribution in [0.15, 0.2) is 24.4 Å². The van der Waals surface area contributed by atoms with Gasteiger partial charge in [-0.2, -0.15) is 12.7 Å². The van der Waals surface area contributed by atoms with Gasteiger partial charge in [0.05, 0.1) is 6.54 Å². The van der Waals surface area contributed by atoms with Gasteiger partial charge in [0.1, 0.15) is 5.82 Å². The van der Waals surface area contributed by atoms with Crippen LogP contribution in [0, 0.1) is 29.1 Å². The molecule has 1 aliphatic heterocycles. The van der Waals surface area contributed by atoms with E-state index >= 15 is 0 Å². The number of amides is 2. The van der Waals surface area contributed by atoms with E-state index in [0.29, 0.717) is 43.1 Å². The number of pyridine rings is 1. The van der Waals surface area contributed by atoms with Gasteiger partial charge >= 0.3 is 10.2 Å². The molecule has 180 valence electrons. The third kappa shape index (κ3) is 4.23. The first-order chi connectivity index (χ1) is 15.6. The number of carbonyl (C=O) groups is 2. The summed E-state index contributed by atoms with van der Waals surface area (Å²) in [6, 6.07) is 5.22. The van der Waals surface area contributed by atoms with Gasteiger partial charge in [0.25, 0.3) is 0 Å². The molecular weight excluding hydrogens is 442 g/mol. The highest BCUT2D eigenvalue weighted by molar-refractivity contribution is 7.90. The number of rotatable bonds is 6. The minimum absolute atomic E-state index is 0.00160. The predicted octanol–water partition coefficient (Wildman–Crippen LogP) is 1.27. The van der Waals surface area contributed by atoms with Crippen LogP contribution < -0.4 is 15.4 Å². The number of nitrogens with two attached hydrogens (primary N) is 1. The molecule has 0 spiro atoms. The summed E-state index contributed by atoms with van der Waals surface area (Å²) in [6.07, 6.45) is 7.03. The van der Waals surface area contributed by atoms with Crippen LogP contribution in [-0.2, 0) is 19.8 Å². The fraction of sp³-hybridized carbons (Fsp3) is 0.696. The van der Waals surface area contributed by atoms with Gasteiger partial charge in [0.15, 0.2) is 0 Å². The summed E-state index contributed by atoms with van der Waals surface area (Å²) in [4.78, 5) is 28.9. The molecule has 2 heterocycles. The fourth-order valence-corrected chi connectivity index (χ4v) is 9.07. The van der Waals surface area contributed by atoms with Crippen molar-refractivity contribution in [3.63, 3.8) is 0 Å². The van der Waals surface area contributed by atoms with Crippen molar-refractivity contribution >= 4 is 27.8 Å². The molecule has 4 bridgehead atoms. The van der Waals surface area contributed by atoms with E-state index in [1.807, 2.05) is 6.92 Å². The maximum absolute atomic E-state index is 13.3. The van der Waals surface area contributed by atoms with Crippen LogP contribution in [0.25, 0.3) is 0 Å². The lowest BCUT2D eigenvalue weighted by Gasteiger charge is -2.60. The van der Waals surface area contributed by atoms with Crippen molar-refractivity contribution in [3.05, 3.63) is 24.4 Å². The van der Waals surface area contributed by atoms with Crippen LogP contribution >= 0.6 is 0 Å². The van der Waals surface area contributed by atoms with Crippen molar-refractivity contribution in [2.75, 3.05) is 23.9 Å². The zero-order valence-electron chi connectivity index (χ0n) is 19.0. The van der Waals surface area contributed by atoms with Crippen molar-refractivity contribution in [3.8, 4) is 0 Å². The summed E-state index contributed by atoms with van der Waals surface area (Å²) in [5.41, 5.74) is 5.54. The molecular formula is C23H33N5O4S. The molecule has 10 heteroatoms. The van der Waals surface area contributed by atoms with Crippen molar-refractivity contribution in [2.45, 2.75) is 51.5 Å². The van der Waals surface area contributed by atoms with E-state index in [-0.39, 0.29) is 35.7 Å². The third-order valence-corrected chi connectivity index (χ3v) is 9.92. The molecule has 3 N–H and O–H groups in total. The van der Waals surface area contributed by atoms with Gasteiger partial charge in [-0.15, -0.1) is 0 Å². The second-order valence-corrected chi connectivity index (χ2v) is 12.7. The normalized spacial score (nSPS) is 37.1. The Morgan fingerprint density at radius 1 is 1.18 bits per heavy atom. The fourth-order valence-electron chi connectivity index (χ4n) is 7.28. The van der Waals surface area contributed by atoms with E-state index in [2.05, 4.69) is 10.3 Å². The smallest absolute Gasteiger partial charge is 0.305 e. The highest BCUT2D eigenvalue weighted by atomic mass is 32.2. The molecule has 6 rings (SSSR count). The molecule has 0 aromatic carbocycles. The van der Waals surface area contributed by atoms with E-state index in [0.717, 1.165) is 32.1 Å². The van der Waals surface area contributed by atoms with Crippen LogP contribution in [0.1, 0.15) is 45.4 Å². The van der Waals surface area contributed by atoms with Crippen LogP contribution in [-0.4, -0.2) is 55.2 Å². The van der Waals surface area contributed by atoms with E-state index in [1.165, 1.54) is 8.61 Å². The predicted molar refractivity (Wildman–Crippen MR) is 123 cm³/mol. The van der Waals surface area contributed by atoms with Crippen LogP contribution in [0.2, 0.25) is 0 Å². The van der Waals surface area contributed by atoms with Crippen LogP contribution in [0.4, 0.5) is 5.82 Å².